The standard InChI is InChI=1S/C18H36N4O/c1-3-15(4-2)17(22-10-12-23-13-11-22)14-20-18(19)21-16-8-6-5-7-9-16/h15-17H,3-14H2,1-2H3,(H3,19,20,21). The molecule has 0 aromatic carbocycles. The fourth-order valence-corrected chi connectivity index (χ4v) is 4.00. The molecule has 3 N–H and O–H groups in total. The van der Waals surface area contributed by atoms with Gasteiger partial charge in [0.15, 0.2) is 5.96 Å². The minimum Gasteiger partial charge on any atom is -0.379 e. The second-order valence-electron chi connectivity index (χ2n) is 7.00. The number of nitrogens with one attached hydrogen (secondary N) is 1. The van der Waals surface area contributed by atoms with Crippen LogP contribution in [0.25, 0.3) is 0 Å². The average Bonchev–Trinajstić information content (AvgIpc) is 2.60. The molecule has 1 aliphatic heterocycles. The molecule has 2 fully saturated rings. The Balaban J connectivity index is 1.90. The van der Waals surface area contributed by atoms with E-state index in [4.69, 9.17) is 15.5 Å². The van der Waals surface area contributed by atoms with Crippen molar-refractivity contribution in [1.29, 1.82) is 0 Å². The van der Waals surface area contributed by atoms with Crippen LogP contribution in [0.1, 0.15) is 58.8 Å². The van der Waals surface area contributed by atoms with Gasteiger partial charge in [0.05, 0.1) is 19.8 Å². The lowest BCUT2D eigenvalue weighted by molar-refractivity contribution is 0.00396. The van der Waals surface area contributed by atoms with Crippen molar-refractivity contribution in [2.24, 2.45) is 16.6 Å². The fourth-order valence-electron chi connectivity index (χ4n) is 4.00. The van der Waals surface area contributed by atoms with E-state index in [9.17, 15) is 0 Å². The first-order chi connectivity index (χ1) is 11.2. The number of ether oxygens (including phenoxy) is 1. The van der Waals surface area contributed by atoms with E-state index in [-0.39, 0.29) is 0 Å². The fraction of sp³-hybridized carbons (Fsp3) is 0.944. The molecular formula is C18H36N4O. The van der Waals surface area contributed by atoms with Crippen molar-refractivity contribution in [3.63, 3.8) is 0 Å². The first-order valence-electron chi connectivity index (χ1n) is 9.62. The van der Waals surface area contributed by atoms with Crippen LogP contribution in [0.15, 0.2) is 4.99 Å². The lowest BCUT2D eigenvalue weighted by Crippen LogP contribution is -2.49. The molecule has 2 aliphatic rings. The van der Waals surface area contributed by atoms with Crippen LogP contribution in [-0.4, -0.2) is 55.8 Å². The molecule has 1 aliphatic carbocycles. The highest BCUT2D eigenvalue weighted by Crippen LogP contribution is 2.21. The quantitative estimate of drug-likeness (QED) is 0.557. The zero-order valence-corrected chi connectivity index (χ0v) is 15.1. The average molecular weight is 325 g/mol. The highest BCUT2D eigenvalue weighted by Gasteiger charge is 2.26. The summed E-state index contributed by atoms with van der Waals surface area (Å²) in [4.78, 5) is 7.27. The Hall–Kier alpha value is -0.810. The van der Waals surface area contributed by atoms with Gasteiger partial charge in [0, 0.05) is 25.2 Å². The molecule has 5 heteroatoms. The smallest absolute Gasteiger partial charge is 0.188 e. The van der Waals surface area contributed by atoms with Gasteiger partial charge < -0.3 is 15.8 Å². The summed E-state index contributed by atoms with van der Waals surface area (Å²) in [5, 5.41) is 3.44. The van der Waals surface area contributed by atoms with Crippen molar-refractivity contribution >= 4 is 5.96 Å². The van der Waals surface area contributed by atoms with Crippen LogP contribution in [0.2, 0.25) is 0 Å². The van der Waals surface area contributed by atoms with E-state index in [0.29, 0.717) is 24.0 Å². The first-order valence-corrected chi connectivity index (χ1v) is 9.62. The Morgan fingerprint density at radius 1 is 1.17 bits per heavy atom. The molecule has 5 nitrogen and oxygen atoms in total. The number of guanidine groups is 1. The third-order valence-corrected chi connectivity index (χ3v) is 5.51. The number of nitrogens with zero attached hydrogens (tertiary/aromatic N) is 2. The summed E-state index contributed by atoms with van der Waals surface area (Å²) in [5.74, 6) is 1.32. The maximum absolute atomic E-state index is 6.16. The van der Waals surface area contributed by atoms with Crippen molar-refractivity contribution in [3.8, 4) is 0 Å². The Kier molecular flexibility index (Phi) is 8.17. The largest absolute Gasteiger partial charge is 0.379 e. The van der Waals surface area contributed by atoms with Gasteiger partial charge in [0.2, 0.25) is 0 Å². The van der Waals surface area contributed by atoms with Crippen LogP contribution in [0.3, 0.4) is 0 Å². The van der Waals surface area contributed by atoms with Crippen LogP contribution in [-0.2, 0) is 4.74 Å². The maximum Gasteiger partial charge on any atom is 0.188 e. The van der Waals surface area contributed by atoms with E-state index >= 15 is 0 Å². The van der Waals surface area contributed by atoms with Gasteiger partial charge in [-0.1, -0.05) is 46.0 Å². The van der Waals surface area contributed by atoms with Crippen molar-refractivity contribution < 1.29 is 4.74 Å². The van der Waals surface area contributed by atoms with E-state index < -0.39 is 0 Å². The Morgan fingerprint density at radius 2 is 1.83 bits per heavy atom. The zero-order chi connectivity index (χ0) is 16.5. The van der Waals surface area contributed by atoms with Gasteiger partial charge in [-0.25, -0.2) is 0 Å². The zero-order valence-electron chi connectivity index (χ0n) is 15.1. The summed E-state index contributed by atoms with van der Waals surface area (Å²) < 4.78 is 5.51. The summed E-state index contributed by atoms with van der Waals surface area (Å²) in [7, 11) is 0. The highest BCUT2D eigenvalue weighted by atomic mass is 16.5. The number of hydrogen-bond acceptors (Lipinski definition) is 3. The summed E-state index contributed by atoms with van der Waals surface area (Å²) >= 11 is 0. The van der Waals surface area contributed by atoms with Crippen molar-refractivity contribution in [1.82, 2.24) is 10.2 Å². The molecule has 0 amide bonds. The molecule has 0 spiro atoms. The second kappa shape index (κ2) is 10.1. The molecule has 0 aromatic heterocycles. The SMILES string of the molecule is CCC(CC)C(CN=C(N)NC1CCCCC1)N1CCOCC1. The molecule has 1 atom stereocenters. The lowest BCUT2D eigenvalue weighted by Gasteiger charge is -2.38. The predicted molar refractivity (Wildman–Crippen MR) is 96.8 cm³/mol. The number of morpholine rings is 1. The van der Waals surface area contributed by atoms with Gasteiger partial charge in [-0.15, -0.1) is 0 Å². The van der Waals surface area contributed by atoms with E-state index in [2.05, 4.69) is 24.1 Å². The van der Waals surface area contributed by atoms with Crippen molar-refractivity contribution in [3.05, 3.63) is 0 Å². The molecule has 0 aromatic rings. The Morgan fingerprint density at radius 3 is 2.43 bits per heavy atom. The topological polar surface area (TPSA) is 62.9 Å². The van der Waals surface area contributed by atoms with Crippen LogP contribution in [0, 0.1) is 5.92 Å². The lowest BCUT2D eigenvalue weighted by atomic mass is 9.92. The van der Waals surface area contributed by atoms with Gasteiger partial charge >= 0.3 is 0 Å². The van der Waals surface area contributed by atoms with Crippen LogP contribution >= 0.6 is 0 Å². The van der Waals surface area contributed by atoms with Crippen LogP contribution < -0.4 is 11.1 Å². The van der Waals surface area contributed by atoms with Gasteiger partial charge in [0.1, 0.15) is 0 Å². The Bertz CT molecular complexity index is 345. The highest BCUT2D eigenvalue weighted by molar-refractivity contribution is 5.78. The van der Waals surface area contributed by atoms with Crippen molar-refractivity contribution in [2.75, 3.05) is 32.8 Å². The number of rotatable bonds is 7. The molecule has 1 heterocycles. The molecule has 134 valence electrons. The summed E-state index contributed by atoms with van der Waals surface area (Å²) in [5.41, 5.74) is 6.16. The van der Waals surface area contributed by atoms with E-state index in [0.717, 1.165) is 32.8 Å². The van der Waals surface area contributed by atoms with Gasteiger partial charge in [-0.2, -0.15) is 0 Å². The molecule has 1 saturated heterocycles. The minimum absolute atomic E-state index is 0.487. The van der Waals surface area contributed by atoms with E-state index in [1.807, 2.05) is 0 Å². The molecule has 0 radical (unpaired) electrons. The van der Waals surface area contributed by atoms with Gasteiger partial charge in [-0.3, -0.25) is 9.89 Å². The monoisotopic (exact) mass is 324 g/mol. The molecule has 23 heavy (non-hydrogen) atoms. The molecule has 2 rings (SSSR count). The minimum atomic E-state index is 0.487. The predicted octanol–water partition coefficient (Wildman–Crippen LogP) is 2.36. The van der Waals surface area contributed by atoms with Crippen LogP contribution in [0.5, 0.6) is 0 Å². The normalized spacial score (nSPS) is 23.2. The van der Waals surface area contributed by atoms with Gasteiger partial charge in [-0.05, 0) is 18.8 Å². The number of nitrogens with two attached hydrogens (primary N) is 1. The number of aliphatic imine (C=N–C) groups is 1. The van der Waals surface area contributed by atoms with E-state index in [1.165, 1.54) is 44.9 Å². The second-order valence-corrected chi connectivity index (χ2v) is 7.00. The maximum atomic E-state index is 6.16. The molecule has 1 unspecified atom stereocenters. The summed E-state index contributed by atoms with van der Waals surface area (Å²) in [6.45, 7) is 9.10. The summed E-state index contributed by atoms with van der Waals surface area (Å²) in [6, 6.07) is 1.02. The Labute approximate surface area is 142 Å². The van der Waals surface area contributed by atoms with Gasteiger partial charge in [0.25, 0.3) is 0 Å². The van der Waals surface area contributed by atoms with Crippen LogP contribution in [0.4, 0.5) is 0 Å². The van der Waals surface area contributed by atoms with Crippen molar-refractivity contribution in [2.45, 2.75) is 70.9 Å². The molecule has 1 saturated carbocycles. The first kappa shape index (κ1) is 18.5. The molecular weight excluding hydrogens is 288 g/mol. The number of hydrogen-bond donors (Lipinski definition) is 2. The third kappa shape index (κ3) is 5.96. The third-order valence-electron chi connectivity index (χ3n) is 5.51. The summed E-state index contributed by atoms with van der Waals surface area (Å²) in [6.07, 6.45) is 8.85. The molecule has 0 bridgehead atoms. The van der Waals surface area contributed by atoms with E-state index in [1.54, 1.807) is 0 Å².